The average Bonchev–Trinajstić information content (AvgIpc) is 3.47. The third kappa shape index (κ3) is 6.75. The van der Waals surface area contributed by atoms with Crippen molar-refractivity contribution >= 4 is 42.4 Å². The van der Waals surface area contributed by atoms with Crippen molar-refractivity contribution in [2.45, 2.75) is 82.2 Å². The SMILES string of the molecule is C[C@H](NP(=O)(OC[C@H]1O[C@@H](n2cnc3c(=O)[nH]c(N)nc32)[C@](C)(O)[C@@H]1F)Oc1ccc(F)c(Cl)c1)C(=O)OC1CCCCC1. The summed E-state index contributed by atoms with van der Waals surface area (Å²) in [7, 11) is -4.55. The van der Waals surface area contributed by atoms with E-state index in [1.54, 1.807) is 0 Å². The number of carbonyl (C=O) groups is 1. The van der Waals surface area contributed by atoms with Crippen molar-refractivity contribution in [2.75, 3.05) is 12.3 Å². The highest BCUT2D eigenvalue weighted by molar-refractivity contribution is 7.52. The fourth-order valence-electron chi connectivity index (χ4n) is 5.14. The van der Waals surface area contributed by atoms with Crippen LogP contribution in [0, 0.1) is 5.82 Å². The number of hydrogen-bond donors (Lipinski definition) is 4. The lowest BCUT2D eigenvalue weighted by Gasteiger charge is -2.27. The zero-order chi connectivity index (χ0) is 31.8. The molecule has 44 heavy (non-hydrogen) atoms. The number of esters is 1. The molecule has 1 saturated heterocycles. The van der Waals surface area contributed by atoms with Gasteiger partial charge in [-0.15, -0.1) is 0 Å². The number of hydrogen-bond acceptors (Lipinski definition) is 11. The molecule has 18 heteroatoms. The van der Waals surface area contributed by atoms with Crippen LogP contribution in [0.1, 0.15) is 52.2 Å². The first-order valence-electron chi connectivity index (χ1n) is 13.9. The Kier molecular flexibility index (Phi) is 9.31. The molecule has 1 unspecified atom stereocenters. The van der Waals surface area contributed by atoms with Gasteiger partial charge >= 0.3 is 13.7 Å². The number of benzene rings is 1. The van der Waals surface area contributed by atoms with Crippen molar-refractivity contribution in [1.29, 1.82) is 0 Å². The van der Waals surface area contributed by atoms with Crippen LogP contribution < -0.4 is 20.9 Å². The third-order valence-corrected chi connectivity index (χ3v) is 9.39. The van der Waals surface area contributed by atoms with Gasteiger partial charge in [0.15, 0.2) is 23.6 Å². The van der Waals surface area contributed by atoms with Gasteiger partial charge in [-0.3, -0.25) is 23.7 Å². The van der Waals surface area contributed by atoms with E-state index in [0.29, 0.717) is 12.8 Å². The van der Waals surface area contributed by atoms with E-state index in [-0.39, 0.29) is 34.0 Å². The number of aromatic nitrogens is 4. The number of imidazole rings is 1. The second-order valence-electron chi connectivity index (χ2n) is 10.9. The highest BCUT2D eigenvalue weighted by Gasteiger charge is 2.55. The third-order valence-electron chi connectivity index (χ3n) is 7.46. The standard InChI is InChI=1S/C26H32ClF2N6O8P/c1-13(23(37)41-14-6-4-3-5-7-14)34-44(39,43-15-8-9-17(28)16(27)10-15)40-11-18-20(29)26(2,38)24(42-18)35-12-31-19-21(35)32-25(30)33-22(19)36/h8-10,12-14,18,20,24,38H,3-7,11H2,1-2H3,(H,34,39)(H3,30,32,33,36)/t13-,18+,20+,24+,26+,44?/m0/s1. The molecule has 3 heterocycles. The first kappa shape index (κ1) is 32.3. The summed E-state index contributed by atoms with van der Waals surface area (Å²) < 4.78 is 66.9. The molecule has 0 radical (unpaired) electrons. The van der Waals surface area contributed by atoms with Gasteiger partial charge in [0, 0.05) is 6.07 Å². The van der Waals surface area contributed by atoms with Crippen LogP contribution in [-0.4, -0.2) is 67.2 Å². The fourth-order valence-corrected chi connectivity index (χ4v) is 6.81. The Morgan fingerprint density at radius 1 is 1.39 bits per heavy atom. The number of aliphatic hydroxyl groups is 1. The van der Waals surface area contributed by atoms with Gasteiger partial charge in [-0.25, -0.2) is 18.3 Å². The summed E-state index contributed by atoms with van der Waals surface area (Å²) in [6.07, 6.45) is 0.0332. The average molecular weight is 661 g/mol. The van der Waals surface area contributed by atoms with Gasteiger partial charge in [0.25, 0.3) is 5.56 Å². The number of rotatable bonds is 10. The molecular formula is C26H32ClF2N6O8P. The minimum Gasteiger partial charge on any atom is -0.461 e. The Balaban J connectivity index is 1.35. The summed E-state index contributed by atoms with van der Waals surface area (Å²) in [6, 6.07) is 1.96. The number of carbonyl (C=O) groups excluding carboxylic acids is 1. The number of aromatic amines is 1. The number of nitrogens with two attached hydrogens (primary N) is 1. The number of H-pyrrole nitrogens is 1. The molecule has 5 rings (SSSR count). The second-order valence-corrected chi connectivity index (χ2v) is 13.0. The highest BCUT2D eigenvalue weighted by Crippen LogP contribution is 2.48. The van der Waals surface area contributed by atoms with Crippen molar-refractivity contribution in [3.63, 3.8) is 0 Å². The molecule has 0 bridgehead atoms. The summed E-state index contributed by atoms with van der Waals surface area (Å²) in [5, 5.41) is 13.2. The molecule has 14 nitrogen and oxygen atoms in total. The van der Waals surface area contributed by atoms with Crippen LogP contribution >= 0.6 is 19.3 Å². The zero-order valence-electron chi connectivity index (χ0n) is 23.7. The van der Waals surface area contributed by atoms with Gasteiger partial charge in [-0.1, -0.05) is 18.0 Å². The van der Waals surface area contributed by atoms with E-state index in [1.807, 2.05) is 0 Å². The van der Waals surface area contributed by atoms with E-state index < -0.39 is 61.8 Å². The van der Waals surface area contributed by atoms with E-state index in [1.165, 1.54) is 6.92 Å². The normalized spacial score (nSPS) is 26.4. The molecule has 2 fully saturated rings. The molecule has 3 aromatic rings. The van der Waals surface area contributed by atoms with Crippen LogP contribution in [0.2, 0.25) is 5.02 Å². The van der Waals surface area contributed by atoms with Crippen molar-refractivity contribution < 1.29 is 41.8 Å². The highest BCUT2D eigenvalue weighted by atomic mass is 35.5. The maximum atomic E-state index is 15.6. The summed E-state index contributed by atoms with van der Waals surface area (Å²) >= 11 is 5.85. The minimum atomic E-state index is -4.55. The molecule has 0 amide bonds. The fraction of sp³-hybridized carbons (Fsp3) is 0.538. The van der Waals surface area contributed by atoms with Gasteiger partial charge in [-0.2, -0.15) is 10.1 Å². The monoisotopic (exact) mass is 660 g/mol. The van der Waals surface area contributed by atoms with E-state index in [2.05, 4.69) is 20.0 Å². The van der Waals surface area contributed by atoms with Gasteiger partial charge in [0.05, 0.1) is 18.0 Å². The maximum absolute atomic E-state index is 15.6. The molecule has 1 aliphatic heterocycles. The molecule has 0 spiro atoms. The largest absolute Gasteiger partial charge is 0.461 e. The first-order chi connectivity index (χ1) is 20.8. The van der Waals surface area contributed by atoms with Crippen LogP contribution in [0.4, 0.5) is 14.7 Å². The summed E-state index contributed by atoms with van der Waals surface area (Å²) in [5.41, 5.74) is 2.59. The van der Waals surface area contributed by atoms with Crippen LogP contribution in [0.25, 0.3) is 11.2 Å². The molecule has 6 atom stereocenters. The number of fused-ring (bicyclic) bond motifs is 1. The Bertz CT molecular complexity index is 1630. The molecule has 2 aromatic heterocycles. The number of halogens is 3. The summed E-state index contributed by atoms with van der Waals surface area (Å²) in [6.45, 7) is 1.79. The van der Waals surface area contributed by atoms with Gasteiger partial charge < -0.3 is 24.8 Å². The quantitative estimate of drug-likeness (QED) is 0.183. The van der Waals surface area contributed by atoms with Gasteiger partial charge in [-0.05, 0) is 51.7 Å². The van der Waals surface area contributed by atoms with E-state index in [0.717, 1.165) is 55.3 Å². The van der Waals surface area contributed by atoms with Crippen LogP contribution in [0.15, 0.2) is 29.3 Å². The van der Waals surface area contributed by atoms with Gasteiger partial charge in [0.2, 0.25) is 5.95 Å². The lowest BCUT2D eigenvalue weighted by Crippen LogP contribution is -2.42. The topological polar surface area (TPSA) is 193 Å². The first-order valence-corrected chi connectivity index (χ1v) is 15.8. The van der Waals surface area contributed by atoms with Crippen molar-refractivity contribution in [3.05, 3.63) is 45.7 Å². The van der Waals surface area contributed by atoms with E-state index in [4.69, 9.17) is 35.9 Å². The van der Waals surface area contributed by atoms with Crippen LogP contribution in [0.5, 0.6) is 5.75 Å². The van der Waals surface area contributed by atoms with Crippen LogP contribution in [0.3, 0.4) is 0 Å². The maximum Gasteiger partial charge on any atom is 0.459 e. The number of anilines is 1. The molecule has 1 aromatic carbocycles. The molecule has 1 aliphatic carbocycles. The van der Waals surface area contributed by atoms with Gasteiger partial charge in [0.1, 0.15) is 35.4 Å². The molecule has 240 valence electrons. The summed E-state index contributed by atoms with van der Waals surface area (Å²) in [5.74, 6) is -1.88. The molecule has 1 saturated carbocycles. The summed E-state index contributed by atoms with van der Waals surface area (Å²) in [4.78, 5) is 35.3. The van der Waals surface area contributed by atoms with Crippen molar-refractivity contribution in [2.24, 2.45) is 0 Å². The van der Waals surface area contributed by atoms with Crippen LogP contribution in [-0.2, 0) is 23.4 Å². The lowest BCUT2D eigenvalue weighted by atomic mass is 9.98. The Labute approximate surface area is 254 Å². The number of nitrogens with zero attached hydrogens (tertiary/aromatic N) is 3. The minimum absolute atomic E-state index is 0.0699. The lowest BCUT2D eigenvalue weighted by molar-refractivity contribution is -0.152. The number of nitrogens with one attached hydrogen (secondary N) is 2. The van der Waals surface area contributed by atoms with Crippen molar-refractivity contribution in [3.8, 4) is 5.75 Å². The second kappa shape index (κ2) is 12.7. The zero-order valence-corrected chi connectivity index (χ0v) is 25.4. The number of alkyl halides is 1. The molecule has 2 aliphatic rings. The number of nitrogen functional groups attached to an aromatic ring is 1. The Morgan fingerprint density at radius 2 is 2.11 bits per heavy atom. The molecule has 5 N–H and O–H groups in total. The van der Waals surface area contributed by atoms with E-state index in [9.17, 15) is 23.7 Å². The Morgan fingerprint density at radius 3 is 2.82 bits per heavy atom. The molecular weight excluding hydrogens is 629 g/mol. The number of ether oxygens (including phenoxy) is 2. The smallest absolute Gasteiger partial charge is 0.459 e. The van der Waals surface area contributed by atoms with Crippen molar-refractivity contribution in [1.82, 2.24) is 24.6 Å². The predicted molar refractivity (Wildman–Crippen MR) is 153 cm³/mol. The van der Waals surface area contributed by atoms with E-state index >= 15 is 4.39 Å². The Hall–Kier alpha value is -3.14. The predicted octanol–water partition coefficient (Wildman–Crippen LogP) is 3.54.